The van der Waals surface area contributed by atoms with E-state index in [1.54, 1.807) is 0 Å². The van der Waals surface area contributed by atoms with Crippen molar-refractivity contribution >= 4 is 51.1 Å². The third-order valence-electron chi connectivity index (χ3n) is 5.06. The van der Waals surface area contributed by atoms with Crippen molar-refractivity contribution in [2.75, 3.05) is 12.9 Å². The van der Waals surface area contributed by atoms with E-state index in [0.29, 0.717) is 11.6 Å². The molecule has 0 radical (unpaired) electrons. The quantitative estimate of drug-likeness (QED) is 0.277. The molecule has 4 aromatic rings. The molecule has 0 spiro atoms. The molecule has 3 aromatic carbocycles. The number of rotatable bonds is 8. The van der Waals surface area contributed by atoms with E-state index >= 15 is 0 Å². The molecule has 1 amide bonds. The van der Waals surface area contributed by atoms with Crippen LogP contribution in [0.2, 0.25) is 5.02 Å². The fraction of sp³-hybridized carbons (Fsp3) is 0.208. The van der Waals surface area contributed by atoms with Crippen molar-refractivity contribution in [1.29, 1.82) is 0 Å². The molecule has 0 unspecified atom stereocenters. The Morgan fingerprint density at radius 2 is 1.90 bits per heavy atom. The average molecular weight is 439 g/mol. The van der Waals surface area contributed by atoms with E-state index in [2.05, 4.69) is 22.9 Å². The first-order chi connectivity index (χ1) is 14.7. The summed E-state index contributed by atoms with van der Waals surface area (Å²) in [6.45, 7) is 0.877. The van der Waals surface area contributed by atoms with Gasteiger partial charge in [0.1, 0.15) is 12.3 Å². The molecule has 0 aliphatic carbocycles. The third-order valence-corrected chi connectivity index (χ3v) is 5.81. The number of fused-ring (bicyclic) bond motifs is 2. The normalized spacial score (nSPS) is 11.1. The van der Waals surface area contributed by atoms with Gasteiger partial charge in [0, 0.05) is 23.2 Å². The zero-order valence-corrected chi connectivity index (χ0v) is 18.3. The van der Waals surface area contributed by atoms with Gasteiger partial charge in [-0.2, -0.15) is 0 Å². The Labute approximate surface area is 185 Å². The third kappa shape index (κ3) is 4.42. The van der Waals surface area contributed by atoms with Crippen LogP contribution >= 0.6 is 23.5 Å². The summed E-state index contributed by atoms with van der Waals surface area (Å²) in [6, 6.07) is 20.2. The Bertz CT molecular complexity index is 1180. The summed E-state index contributed by atoms with van der Waals surface area (Å²) in [6.07, 6.45) is 5.55. The number of hydrogen-bond donors (Lipinski definition) is 1. The number of amides is 1. The summed E-state index contributed by atoms with van der Waals surface area (Å²) >= 11 is 7.80. The fourth-order valence-corrected chi connectivity index (χ4v) is 4.36. The van der Waals surface area contributed by atoms with Gasteiger partial charge in [0.15, 0.2) is 0 Å². The number of carbonyl (C=O) groups excluding carboxylic acids is 1. The van der Waals surface area contributed by atoms with Gasteiger partial charge in [-0.3, -0.25) is 9.52 Å². The highest BCUT2D eigenvalue weighted by molar-refractivity contribution is 7.97. The van der Waals surface area contributed by atoms with Crippen LogP contribution in [0.5, 0.6) is 5.75 Å². The van der Waals surface area contributed by atoms with Crippen LogP contribution < -0.4 is 9.46 Å². The zero-order valence-electron chi connectivity index (χ0n) is 16.7. The molecule has 4 nitrogen and oxygen atoms in total. The average Bonchev–Trinajstić information content (AvgIpc) is 3.10. The highest BCUT2D eigenvalue weighted by atomic mass is 35.5. The Morgan fingerprint density at radius 3 is 2.77 bits per heavy atom. The first-order valence-electron chi connectivity index (χ1n) is 9.86. The maximum absolute atomic E-state index is 12.1. The molecule has 1 heterocycles. The van der Waals surface area contributed by atoms with Gasteiger partial charge in [-0.1, -0.05) is 66.0 Å². The van der Waals surface area contributed by atoms with Gasteiger partial charge in [-0.05, 0) is 42.0 Å². The van der Waals surface area contributed by atoms with Crippen LogP contribution in [0.1, 0.15) is 12.0 Å². The Balaban J connectivity index is 1.48. The van der Waals surface area contributed by atoms with Crippen LogP contribution in [0.15, 0.2) is 66.9 Å². The second-order valence-corrected chi connectivity index (χ2v) is 8.09. The zero-order chi connectivity index (χ0) is 20.9. The van der Waals surface area contributed by atoms with Crippen molar-refractivity contribution in [3.63, 3.8) is 0 Å². The van der Waals surface area contributed by atoms with Crippen molar-refractivity contribution in [2.24, 2.45) is 0 Å². The van der Waals surface area contributed by atoms with Gasteiger partial charge >= 0.3 is 0 Å². The van der Waals surface area contributed by atoms with E-state index in [9.17, 15) is 4.79 Å². The Kier molecular flexibility index (Phi) is 6.50. The molecule has 0 saturated heterocycles. The number of nitrogens with zero attached hydrogens (tertiary/aromatic N) is 1. The molecule has 0 aliphatic rings. The molecule has 0 fully saturated rings. The van der Waals surface area contributed by atoms with Crippen molar-refractivity contribution < 1.29 is 9.53 Å². The molecule has 154 valence electrons. The lowest BCUT2D eigenvalue weighted by molar-refractivity contribution is -0.119. The largest absolute Gasteiger partial charge is 0.493 e. The second kappa shape index (κ2) is 9.45. The van der Waals surface area contributed by atoms with Crippen LogP contribution in [0, 0.1) is 0 Å². The van der Waals surface area contributed by atoms with Gasteiger partial charge < -0.3 is 9.30 Å². The molecular weight excluding hydrogens is 416 g/mol. The number of nitrogens with one attached hydrogen (secondary N) is 1. The number of carbonyl (C=O) groups is 1. The lowest BCUT2D eigenvalue weighted by atomic mass is 10.1. The number of halogens is 1. The standard InChI is InChI=1S/C24H23ClN2O2S/c1-30-26-23(28)16-27-15-18(24-20(25)11-5-12-21(24)27)9-6-14-29-22-13-4-8-17-7-2-3-10-19(17)22/h2-5,7-8,10-13,15H,6,9,14,16H2,1H3,(H,26,28). The molecule has 1 aromatic heterocycles. The summed E-state index contributed by atoms with van der Waals surface area (Å²) < 4.78 is 10.8. The fourth-order valence-electron chi connectivity index (χ4n) is 3.78. The van der Waals surface area contributed by atoms with Crippen LogP contribution in [0.4, 0.5) is 0 Å². The van der Waals surface area contributed by atoms with Gasteiger partial charge in [0.25, 0.3) is 0 Å². The van der Waals surface area contributed by atoms with E-state index in [-0.39, 0.29) is 12.5 Å². The first-order valence-corrected chi connectivity index (χ1v) is 11.5. The number of aryl methyl sites for hydroxylation is 1. The molecule has 0 atom stereocenters. The monoisotopic (exact) mass is 438 g/mol. The summed E-state index contributed by atoms with van der Waals surface area (Å²) in [5.41, 5.74) is 2.11. The Morgan fingerprint density at radius 1 is 1.10 bits per heavy atom. The summed E-state index contributed by atoms with van der Waals surface area (Å²) in [4.78, 5) is 12.1. The topological polar surface area (TPSA) is 43.3 Å². The molecule has 0 saturated carbocycles. The minimum absolute atomic E-state index is 0.0368. The summed E-state index contributed by atoms with van der Waals surface area (Å²) in [7, 11) is 0. The van der Waals surface area contributed by atoms with Crippen LogP contribution in [0.25, 0.3) is 21.7 Å². The molecule has 30 heavy (non-hydrogen) atoms. The van der Waals surface area contributed by atoms with Crippen molar-refractivity contribution in [3.8, 4) is 5.75 Å². The number of ether oxygens (including phenoxy) is 1. The minimum Gasteiger partial charge on any atom is -0.493 e. The van der Waals surface area contributed by atoms with Gasteiger partial charge in [-0.25, -0.2) is 0 Å². The van der Waals surface area contributed by atoms with E-state index in [4.69, 9.17) is 16.3 Å². The van der Waals surface area contributed by atoms with Gasteiger partial charge in [0.05, 0.1) is 17.1 Å². The van der Waals surface area contributed by atoms with Gasteiger partial charge in [-0.15, -0.1) is 0 Å². The maximum Gasteiger partial charge on any atom is 0.249 e. The minimum atomic E-state index is -0.0368. The van der Waals surface area contributed by atoms with Crippen LogP contribution in [-0.2, 0) is 17.8 Å². The van der Waals surface area contributed by atoms with E-state index in [1.807, 2.05) is 59.5 Å². The summed E-state index contributed by atoms with van der Waals surface area (Å²) in [5, 5.41) is 4.02. The van der Waals surface area contributed by atoms with Crippen LogP contribution in [-0.4, -0.2) is 23.3 Å². The lowest BCUT2D eigenvalue weighted by Crippen LogP contribution is -2.20. The van der Waals surface area contributed by atoms with E-state index < -0.39 is 0 Å². The van der Waals surface area contributed by atoms with Gasteiger partial charge in [0.2, 0.25) is 5.91 Å². The van der Waals surface area contributed by atoms with E-state index in [0.717, 1.165) is 40.4 Å². The highest BCUT2D eigenvalue weighted by Crippen LogP contribution is 2.30. The van der Waals surface area contributed by atoms with Crippen molar-refractivity contribution in [3.05, 3.63) is 77.4 Å². The second-order valence-electron chi connectivity index (χ2n) is 7.07. The number of hydrogen-bond acceptors (Lipinski definition) is 3. The predicted octanol–water partition coefficient (Wildman–Crippen LogP) is 5.85. The first kappa shape index (κ1) is 20.6. The molecule has 1 N–H and O–H groups in total. The summed E-state index contributed by atoms with van der Waals surface area (Å²) in [5.74, 6) is 0.868. The van der Waals surface area contributed by atoms with Crippen molar-refractivity contribution in [2.45, 2.75) is 19.4 Å². The van der Waals surface area contributed by atoms with Crippen LogP contribution in [0.3, 0.4) is 0 Å². The van der Waals surface area contributed by atoms with E-state index in [1.165, 1.54) is 17.3 Å². The smallest absolute Gasteiger partial charge is 0.249 e. The molecule has 0 aliphatic heterocycles. The predicted molar refractivity (Wildman–Crippen MR) is 126 cm³/mol. The molecule has 6 heteroatoms. The highest BCUT2D eigenvalue weighted by Gasteiger charge is 2.13. The van der Waals surface area contributed by atoms with Crippen molar-refractivity contribution in [1.82, 2.24) is 9.29 Å². The Hall–Kier alpha value is -2.63. The molecular formula is C24H23ClN2O2S. The lowest BCUT2D eigenvalue weighted by Gasteiger charge is -2.09. The maximum atomic E-state index is 12.1. The number of benzene rings is 3. The number of aromatic nitrogens is 1. The molecule has 0 bridgehead atoms. The SMILES string of the molecule is CSNC(=O)Cn1cc(CCCOc2cccc3ccccc23)c2c(Cl)cccc21. The molecule has 4 rings (SSSR count).